The number of anilines is 1. The van der Waals surface area contributed by atoms with E-state index >= 15 is 0 Å². The van der Waals surface area contributed by atoms with E-state index in [0.717, 1.165) is 11.3 Å². The van der Waals surface area contributed by atoms with E-state index in [4.69, 9.17) is 17.0 Å². The number of Topliss-reactive ketones (excluding diaryl/α,β-unsaturated/α-hetero) is 1. The van der Waals surface area contributed by atoms with Crippen molar-refractivity contribution in [3.63, 3.8) is 0 Å². The van der Waals surface area contributed by atoms with Gasteiger partial charge in [-0.25, -0.2) is 0 Å². The van der Waals surface area contributed by atoms with Gasteiger partial charge in [0.05, 0.1) is 17.8 Å². The minimum Gasteiger partial charge on any atom is -0.299 e. The zero-order valence-corrected chi connectivity index (χ0v) is 15.1. The topological polar surface area (TPSA) is 73.6 Å². The molecule has 0 unspecified atom stereocenters. The number of hydrogen-bond acceptors (Lipinski definition) is 4. The van der Waals surface area contributed by atoms with Gasteiger partial charge >= 0.3 is 0 Å². The second kappa shape index (κ2) is 7.62. The van der Waals surface area contributed by atoms with Crippen molar-refractivity contribution in [3.8, 4) is 0 Å². The van der Waals surface area contributed by atoms with Gasteiger partial charge in [-0.05, 0) is 25.1 Å². The van der Waals surface area contributed by atoms with Crippen LogP contribution in [0.4, 0.5) is 5.69 Å². The lowest BCUT2D eigenvalue weighted by molar-refractivity contribution is -0.125. The molecule has 1 heterocycles. The van der Waals surface area contributed by atoms with Crippen LogP contribution in [0.5, 0.6) is 0 Å². The van der Waals surface area contributed by atoms with E-state index in [1.165, 1.54) is 11.8 Å². The third-order valence-corrected chi connectivity index (χ3v) is 4.27. The summed E-state index contributed by atoms with van der Waals surface area (Å²) >= 11 is 6.21. The average molecular weight is 368 g/mol. The third kappa shape index (κ3) is 3.73. The summed E-state index contributed by atoms with van der Waals surface area (Å²) < 4.78 is 0. The maximum atomic E-state index is 12.7. The Morgan fingerprint density at radius 3 is 2.62 bits per heavy atom. The van der Waals surface area contributed by atoms with Gasteiger partial charge in [0.1, 0.15) is 11.6 Å². The molecule has 2 aromatic rings. The van der Waals surface area contributed by atoms with Crippen molar-refractivity contribution in [2.24, 2.45) is 4.99 Å². The number of fused-ring (bicyclic) bond motifs is 1. The molecular weight excluding hydrogens is 350 g/mol. The van der Waals surface area contributed by atoms with Gasteiger partial charge in [0, 0.05) is 29.1 Å². The molecule has 5 nitrogen and oxygen atoms in total. The highest BCUT2D eigenvalue weighted by atomic mass is 35.5. The number of nitrogens with one attached hydrogen (secondary N) is 1. The predicted octanol–water partition coefficient (Wildman–Crippen LogP) is 3.87. The van der Waals surface area contributed by atoms with Crippen molar-refractivity contribution < 1.29 is 9.59 Å². The number of halogens is 1. The molecule has 3 rings (SSSR count). The highest BCUT2D eigenvalue weighted by Gasteiger charge is 2.27. The summed E-state index contributed by atoms with van der Waals surface area (Å²) in [6, 6.07) is 14.8. The second-order valence-electron chi connectivity index (χ2n) is 6.06. The fraction of sp³-hybridized carbons (Fsp3) is 0.200. The monoisotopic (exact) mass is 367 g/mol. The van der Waals surface area contributed by atoms with Crippen molar-refractivity contribution in [1.82, 2.24) is 0 Å². The van der Waals surface area contributed by atoms with Crippen molar-refractivity contribution >= 4 is 40.5 Å². The molecule has 0 bridgehead atoms. The van der Waals surface area contributed by atoms with Crippen molar-refractivity contribution in [3.05, 3.63) is 64.7 Å². The molecule has 0 fully saturated rings. The van der Waals surface area contributed by atoms with Gasteiger partial charge in [-0.3, -0.25) is 24.9 Å². The van der Waals surface area contributed by atoms with Crippen LogP contribution in [-0.2, 0) is 9.59 Å². The number of ketones is 1. The predicted molar refractivity (Wildman–Crippen MR) is 104 cm³/mol. The van der Waals surface area contributed by atoms with Crippen LogP contribution in [0.25, 0.3) is 0 Å². The highest BCUT2D eigenvalue weighted by molar-refractivity contribution is 6.32. The number of hydrogen-bond donors (Lipinski definition) is 1. The van der Waals surface area contributed by atoms with E-state index in [2.05, 4.69) is 4.99 Å². The van der Waals surface area contributed by atoms with Gasteiger partial charge in [0.2, 0.25) is 5.91 Å². The minimum absolute atomic E-state index is 0.121. The Hall–Kier alpha value is -2.79. The summed E-state index contributed by atoms with van der Waals surface area (Å²) in [6.07, 6.45) is 0.0598. The summed E-state index contributed by atoms with van der Waals surface area (Å²) in [5.41, 5.74) is 2.82. The zero-order chi connectivity index (χ0) is 18.7. The SMILES string of the molecule is CC(=O)CC(=O)N1C(=N)CC/N=C(/c2ccccc2)c2cc(Cl)ccc21. The molecule has 0 aliphatic carbocycles. The first kappa shape index (κ1) is 18.0. The number of rotatable bonds is 3. The van der Waals surface area contributed by atoms with Crippen LogP contribution in [0.15, 0.2) is 53.5 Å². The number of carbonyl (C=O) groups is 2. The van der Waals surface area contributed by atoms with Gasteiger partial charge < -0.3 is 0 Å². The minimum atomic E-state index is -0.416. The maximum Gasteiger partial charge on any atom is 0.239 e. The number of nitrogens with zero attached hydrogens (tertiary/aromatic N) is 2. The van der Waals surface area contributed by atoms with Crippen LogP contribution in [0.2, 0.25) is 5.02 Å². The summed E-state index contributed by atoms with van der Waals surface area (Å²) in [6.45, 7) is 1.74. The summed E-state index contributed by atoms with van der Waals surface area (Å²) in [7, 11) is 0. The Labute approximate surface area is 156 Å². The van der Waals surface area contributed by atoms with E-state index in [-0.39, 0.29) is 18.0 Å². The Balaban J connectivity index is 2.18. The van der Waals surface area contributed by atoms with Crippen LogP contribution >= 0.6 is 11.6 Å². The molecule has 2 aromatic carbocycles. The molecular formula is C20H18ClN3O2. The van der Waals surface area contributed by atoms with Crippen LogP contribution < -0.4 is 4.90 Å². The highest BCUT2D eigenvalue weighted by Crippen LogP contribution is 2.30. The zero-order valence-electron chi connectivity index (χ0n) is 14.3. The normalized spacial score (nSPS) is 16.2. The summed E-state index contributed by atoms with van der Waals surface area (Å²) in [4.78, 5) is 30.1. The van der Waals surface area contributed by atoms with Gasteiger partial charge in [0.25, 0.3) is 0 Å². The van der Waals surface area contributed by atoms with Crippen LogP contribution in [-0.4, -0.2) is 29.8 Å². The first-order valence-electron chi connectivity index (χ1n) is 8.27. The molecule has 26 heavy (non-hydrogen) atoms. The Bertz CT molecular complexity index is 907. The van der Waals surface area contributed by atoms with Crippen LogP contribution in [0.3, 0.4) is 0 Å². The smallest absolute Gasteiger partial charge is 0.239 e. The van der Waals surface area contributed by atoms with Crippen molar-refractivity contribution in [2.45, 2.75) is 19.8 Å². The summed E-state index contributed by atoms with van der Waals surface area (Å²) in [5, 5.41) is 8.82. The van der Waals surface area contributed by atoms with E-state index < -0.39 is 5.91 Å². The first-order valence-corrected chi connectivity index (χ1v) is 8.65. The van der Waals surface area contributed by atoms with Crippen molar-refractivity contribution in [1.29, 1.82) is 5.41 Å². The Kier molecular flexibility index (Phi) is 5.28. The molecule has 6 heteroatoms. The van der Waals surface area contributed by atoms with E-state index in [1.54, 1.807) is 18.2 Å². The van der Waals surface area contributed by atoms with E-state index in [0.29, 0.717) is 29.2 Å². The lowest BCUT2D eigenvalue weighted by atomic mass is 9.98. The largest absolute Gasteiger partial charge is 0.299 e. The standard InChI is InChI=1S/C20H18ClN3O2/c1-13(25)11-19(26)24-17-8-7-15(21)12-16(17)20(23-10-9-18(24)22)14-5-3-2-4-6-14/h2-8,12,22H,9-11H2,1H3/b22-18?,23-20-. The molecule has 0 radical (unpaired) electrons. The first-order chi connectivity index (χ1) is 12.5. The van der Waals surface area contributed by atoms with E-state index in [1.807, 2.05) is 30.3 Å². The number of carbonyl (C=O) groups excluding carboxylic acids is 2. The lowest BCUT2D eigenvalue weighted by Gasteiger charge is -2.28. The van der Waals surface area contributed by atoms with Gasteiger partial charge in [-0.1, -0.05) is 41.9 Å². The Morgan fingerprint density at radius 1 is 1.19 bits per heavy atom. The van der Waals surface area contributed by atoms with Crippen LogP contribution in [0, 0.1) is 5.41 Å². The van der Waals surface area contributed by atoms with Gasteiger partial charge in [-0.2, -0.15) is 0 Å². The molecule has 1 aliphatic rings. The quantitative estimate of drug-likeness (QED) is 0.836. The number of amidine groups is 1. The molecule has 0 aromatic heterocycles. The van der Waals surface area contributed by atoms with Gasteiger partial charge in [-0.15, -0.1) is 0 Å². The molecule has 0 saturated heterocycles. The molecule has 1 N–H and O–H groups in total. The number of aliphatic imine (C=N–C) groups is 1. The maximum absolute atomic E-state index is 12.7. The number of amides is 1. The average Bonchev–Trinajstić information content (AvgIpc) is 2.59. The third-order valence-electron chi connectivity index (χ3n) is 4.04. The van der Waals surface area contributed by atoms with Gasteiger partial charge in [0.15, 0.2) is 0 Å². The fourth-order valence-corrected chi connectivity index (χ4v) is 3.10. The molecule has 0 spiro atoms. The lowest BCUT2D eigenvalue weighted by Crippen LogP contribution is -2.39. The molecule has 0 saturated carbocycles. The Morgan fingerprint density at radius 2 is 1.92 bits per heavy atom. The van der Waals surface area contributed by atoms with Crippen LogP contribution in [0.1, 0.15) is 30.9 Å². The summed E-state index contributed by atoms with van der Waals surface area (Å²) in [5.74, 6) is -0.534. The van der Waals surface area contributed by atoms with Crippen molar-refractivity contribution in [2.75, 3.05) is 11.4 Å². The van der Waals surface area contributed by atoms with E-state index in [9.17, 15) is 9.59 Å². The molecule has 1 amide bonds. The molecule has 0 atom stereocenters. The number of benzene rings is 2. The fourth-order valence-electron chi connectivity index (χ4n) is 2.93. The molecule has 132 valence electrons. The molecule has 1 aliphatic heterocycles. The second-order valence-corrected chi connectivity index (χ2v) is 6.50.